The monoisotopic (exact) mass is 369 g/mol. The highest BCUT2D eigenvalue weighted by Gasteiger charge is 2.30. The van der Waals surface area contributed by atoms with Crippen molar-refractivity contribution < 1.29 is 27.4 Å². The lowest BCUT2D eigenvalue weighted by Gasteiger charge is -2.27. The van der Waals surface area contributed by atoms with Gasteiger partial charge in [-0.1, -0.05) is 6.42 Å². The van der Waals surface area contributed by atoms with Gasteiger partial charge in [-0.2, -0.15) is 4.31 Å². The number of methoxy groups -OCH3 is 3. The van der Waals surface area contributed by atoms with E-state index in [1.165, 1.54) is 43.9 Å². The second kappa shape index (κ2) is 8.35. The average molecular weight is 369 g/mol. The van der Waals surface area contributed by atoms with Gasteiger partial charge >= 0.3 is 5.97 Å². The molecular formula is C17H23NO6S. The first-order valence-corrected chi connectivity index (χ1v) is 9.40. The molecule has 0 aromatic heterocycles. The Morgan fingerprint density at radius 3 is 2.32 bits per heavy atom. The van der Waals surface area contributed by atoms with Crippen LogP contribution in [0.4, 0.5) is 0 Å². The molecule has 1 aliphatic heterocycles. The number of carbonyl (C=O) groups is 1. The molecule has 0 radical (unpaired) electrons. The zero-order valence-electron chi connectivity index (χ0n) is 14.6. The van der Waals surface area contributed by atoms with E-state index >= 15 is 0 Å². The largest absolute Gasteiger partial charge is 0.493 e. The van der Waals surface area contributed by atoms with Gasteiger partial charge in [-0.25, -0.2) is 13.2 Å². The van der Waals surface area contributed by atoms with Crippen LogP contribution in [0.2, 0.25) is 0 Å². The van der Waals surface area contributed by atoms with E-state index in [2.05, 4.69) is 4.74 Å². The third-order valence-electron chi connectivity index (χ3n) is 4.01. The van der Waals surface area contributed by atoms with Crippen LogP contribution in [0.25, 0.3) is 6.08 Å². The molecule has 0 amide bonds. The van der Waals surface area contributed by atoms with Gasteiger partial charge < -0.3 is 14.2 Å². The Kier molecular flexibility index (Phi) is 6.44. The number of esters is 1. The smallest absolute Gasteiger partial charge is 0.330 e. The molecule has 0 bridgehead atoms. The third kappa shape index (κ3) is 4.32. The summed E-state index contributed by atoms with van der Waals surface area (Å²) in [6, 6.07) is 3.08. The molecule has 25 heavy (non-hydrogen) atoms. The Morgan fingerprint density at radius 1 is 1.08 bits per heavy atom. The minimum atomic E-state index is -3.73. The predicted octanol–water partition coefficient (Wildman–Crippen LogP) is 2.06. The lowest BCUT2D eigenvalue weighted by molar-refractivity contribution is -0.134. The van der Waals surface area contributed by atoms with Gasteiger partial charge in [0.25, 0.3) is 0 Å². The number of nitrogens with zero attached hydrogens (tertiary/aromatic N) is 1. The summed E-state index contributed by atoms with van der Waals surface area (Å²) in [6.45, 7) is 0.964. The van der Waals surface area contributed by atoms with E-state index in [4.69, 9.17) is 9.47 Å². The number of hydrogen-bond acceptors (Lipinski definition) is 6. The van der Waals surface area contributed by atoms with E-state index in [1.807, 2.05) is 0 Å². The Balaban J connectivity index is 2.53. The first kappa shape index (κ1) is 19.3. The van der Waals surface area contributed by atoms with E-state index in [1.54, 1.807) is 6.07 Å². The minimum Gasteiger partial charge on any atom is -0.493 e. The van der Waals surface area contributed by atoms with Crippen molar-refractivity contribution in [3.05, 3.63) is 23.8 Å². The first-order valence-electron chi connectivity index (χ1n) is 7.96. The van der Waals surface area contributed by atoms with Crippen molar-refractivity contribution in [2.24, 2.45) is 0 Å². The Hall–Kier alpha value is -2.06. The predicted molar refractivity (Wildman–Crippen MR) is 93.2 cm³/mol. The van der Waals surface area contributed by atoms with Crippen molar-refractivity contribution in [2.45, 2.75) is 24.2 Å². The Labute approximate surface area is 148 Å². The molecule has 0 aliphatic carbocycles. The van der Waals surface area contributed by atoms with Crippen LogP contribution in [0.15, 0.2) is 23.1 Å². The number of hydrogen-bond donors (Lipinski definition) is 0. The molecule has 7 nitrogen and oxygen atoms in total. The van der Waals surface area contributed by atoms with Gasteiger partial charge in [0.1, 0.15) is 4.90 Å². The van der Waals surface area contributed by atoms with Crippen molar-refractivity contribution in [2.75, 3.05) is 34.4 Å². The fourth-order valence-corrected chi connectivity index (χ4v) is 4.43. The van der Waals surface area contributed by atoms with Crippen molar-refractivity contribution in [1.82, 2.24) is 4.31 Å². The molecule has 0 N–H and O–H groups in total. The molecule has 2 rings (SSSR count). The molecule has 1 aliphatic rings. The van der Waals surface area contributed by atoms with Gasteiger partial charge in [0.2, 0.25) is 10.0 Å². The van der Waals surface area contributed by atoms with E-state index in [9.17, 15) is 13.2 Å². The molecule has 8 heteroatoms. The fraction of sp³-hybridized carbons (Fsp3) is 0.471. The molecule has 0 spiro atoms. The summed E-state index contributed by atoms with van der Waals surface area (Å²) in [5.74, 6) is -0.0939. The van der Waals surface area contributed by atoms with E-state index in [-0.39, 0.29) is 16.4 Å². The number of piperidine rings is 1. The van der Waals surface area contributed by atoms with Crippen LogP contribution in [0.3, 0.4) is 0 Å². The van der Waals surface area contributed by atoms with Gasteiger partial charge in [0.05, 0.1) is 21.3 Å². The zero-order chi connectivity index (χ0) is 18.4. The summed E-state index contributed by atoms with van der Waals surface area (Å²) in [6.07, 6.45) is 5.39. The number of carbonyl (C=O) groups excluding carboxylic acids is 1. The maximum atomic E-state index is 13.1. The molecule has 0 unspecified atom stereocenters. The second-order valence-electron chi connectivity index (χ2n) is 5.58. The molecule has 1 saturated heterocycles. The average Bonchev–Trinajstić information content (AvgIpc) is 2.65. The summed E-state index contributed by atoms with van der Waals surface area (Å²) in [4.78, 5) is 11.3. The highest BCUT2D eigenvalue weighted by atomic mass is 32.2. The SMILES string of the molecule is COC(=O)/C=C/c1cc(OC)c(OC)c(S(=O)(=O)N2CCCCC2)c1. The van der Waals surface area contributed by atoms with Gasteiger partial charge in [-0.05, 0) is 36.6 Å². The lowest BCUT2D eigenvalue weighted by Crippen LogP contribution is -2.35. The minimum absolute atomic E-state index is 0.0285. The van der Waals surface area contributed by atoms with Crippen LogP contribution < -0.4 is 9.47 Å². The van der Waals surface area contributed by atoms with Crippen LogP contribution in [0.5, 0.6) is 11.5 Å². The summed E-state index contributed by atoms with van der Waals surface area (Å²) in [5.41, 5.74) is 0.499. The topological polar surface area (TPSA) is 82.1 Å². The van der Waals surface area contributed by atoms with Crippen molar-refractivity contribution in [3.63, 3.8) is 0 Å². The van der Waals surface area contributed by atoms with E-state index in [0.29, 0.717) is 18.7 Å². The number of ether oxygens (including phenoxy) is 3. The third-order valence-corrected chi connectivity index (χ3v) is 5.92. The van der Waals surface area contributed by atoms with Gasteiger partial charge in [0, 0.05) is 19.2 Å². The van der Waals surface area contributed by atoms with Crippen molar-refractivity contribution in [1.29, 1.82) is 0 Å². The maximum Gasteiger partial charge on any atom is 0.330 e. The van der Waals surface area contributed by atoms with Gasteiger partial charge in [0.15, 0.2) is 11.5 Å². The molecule has 138 valence electrons. The second-order valence-corrected chi connectivity index (χ2v) is 7.48. The molecule has 1 fully saturated rings. The molecule has 0 saturated carbocycles. The normalized spacial score (nSPS) is 16.0. The standard InChI is InChI=1S/C17H23NO6S/c1-22-14-11-13(7-8-16(19)23-2)12-15(17(14)24-3)25(20,21)18-9-5-4-6-10-18/h7-8,11-12H,4-6,9-10H2,1-3H3/b8-7+. The molecule has 0 atom stereocenters. The zero-order valence-corrected chi connectivity index (χ0v) is 15.5. The fourth-order valence-electron chi connectivity index (χ4n) is 2.71. The van der Waals surface area contributed by atoms with Crippen LogP contribution in [-0.4, -0.2) is 53.1 Å². The summed E-state index contributed by atoms with van der Waals surface area (Å²) >= 11 is 0. The lowest BCUT2D eigenvalue weighted by atomic mass is 10.2. The maximum absolute atomic E-state index is 13.1. The molecular weight excluding hydrogens is 346 g/mol. The summed E-state index contributed by atoms with van der Waals surface area (Å²) < 4.78 is 42.7. The van der Waals surface area contributed by atoms with E-state index < -0.39 is 16.0 Å². The number of benzene rings is 1. The highest BCUT2D eigenvalue weighted by Crippen LogP contribution is 2.38. The first-order chi connectivity index (χ1) is 11.9. The summed E-state index contributed by atoms with van der Waals surface area (Å²) in [5, 5.41) is 0. The number of rotatable bonds is 6. The van der Waals surface area contributed by atoms with Gasteiger partial charge in [-0.15, -0.1) is 0 Å². The van der Waals surface area contributed by atoms with Crippen molar-refractivity contribution >= 4 is 22.1 Å². The highest BCUT2D eigenvalue weighted by molar-refractivity contribution is 7.89. The number of sulfonamides is 1. The van der Waals surface area contributed by atoms with E-state index in [0.717, 1.165) is 19.3 Å². The molecule has 1 aromatic carbocycles. The Morgan fingerprint density at radius 2 is 1.76 bits per heavy atom. The van der Waals surface area contributed by atoms with Crippen LogP contribution in [0.1, 0.15) is 24.8 Å². The van der Waals surface area contributed by atoms with Crippen molar-refractivity contribution in [3.8, 4) is 11.5 Å². The molecule has 1 heterocycles. The Bertz CT molecular complexity index is 751. The van der Waals surface area contributed by atoms with Crippen LogP contribution >= 0.6 is 0 Å². The van der Waals surface area contributed by atoms with Gasteiger partial charge in [-0.3, -0.25) is 0 Å². The molecule has 1 aromatic rings. The summed E-state index contributed by atoms with van der Waals surface area (Å²) in [7, 11) is 0.379. The van der Waals surface area contributed by atoms with Crippen LogP contribution in [0, 0.1) is 0 Å². The quantitative estimate of drug-likeness (QED) is 0.564. The van der Waals surface area contributed by atoms with Crippen LogP contribution in [-0.2, 0) is 19.6 Å².